The van der Waals surface area contributed by atoms with E-state index in [1.54, 1.807) is 0 Å². The van der Waals surface area contributed by atoms with Crippen molar-refractivity contribution in [2.75, 3.05) is 11.4 Å². The second-order valence-corrected chi connectivity index (χ2v) is 5.40. The smallest absolute Gasteiger partial charge is 0.101 e. The van der Waals surface area contributed by atoms with Crippen molar-refractivity contribution in [3.05, 3.63) is 29.8 Å². The predicted octanol–water partition coefficient (Wildman–Crippen LogP) is 3.57. The van der Waals surface area contributed by atoms with Crippen LogP contribution in [0.15, 0.2) is 24.3 Å². The molecule has 2 nitrogen and oxygen atoms in total. The summed E-state index contributed by atoms with van der Waals surface area (Å²) in [5.41, 5.74) is 2.08. The third-order valence-electron chi connectivity index (χ3n) is 4.24. The number of rotatable bonds is 2. The zero-order valence-corrected chi connectivity index (χ0v) is 10.9. The van der Waals surface area contributed by atoms with E-state index < -0.39 is 0 Å². The molecule has 1 aromatic rings. The molecule has 2 heteroatoms. The first kappa shape index (κ1) is 12.0. The molecule has 0 unspecified atom stereocenters. The maximum absolute atomic E-state index is 9.21. The minimum absolute atomic E-state index is 0.187. The van der Waals surface area contributed by atoms with E-state index in [2.05, 4.69) is 37.8 Å². The van der Waals surface area contributed by atoms with Crippen LogP contribution in [0.1, 0.15) is 39.2 Å². The lowest BCUT2D eigenvalue weighted by molar-refractivity contribution is 0.340. The van der Waals surface area contributed by atoms with Gasteiger partial charge in [0.1, 0.15) is 6.07 Å². The SMILES string of the molecule is CC(C)[C@]1(C)CCCN1c1ccccc1C#N. The summed E-state index contributed by atoms with van der Waals surface area (Å²) in [6.07, 6.45) is 2.43. The van der Waals surface area contributed by atoms with Crippen LogP contribution < -0.4 is 4.90 Å². The van der Waals surface area contributed by atoms with Gasteiger partial charge in [-0.1, -0.05) is 26.0 Å². The molecule has 0 radical (unpaired) electrons. The largest absolute Gasteiger partial charge is 0.365 e. The molecule has 1 saturated heterocycles. The summed E-state index contributed by atoms with van der Waals surface area (Å²) in [6.45, 7) is 7.92. The van der Waals surface area contributed by atoms with Crippen molar-refractivity contribution in [1.82, 2.24) is 0 Å². The standard InChI is InChI=1S/C15H20N2/c1-12(2)15(3)9-6-10-17(15)14-8-5-4-7-13(14)11-16/h4-5,7-8,12H,6,9-10H2,1-3H3/t15-/m0/s1. The van der Waals surface area contributed by atoms with Crippen molar-refractivity contribution in [1.29, 1.82) is 5.26 Å². The monoisotopic (exact) mass is 228 g/mol. The molecule has 1 atom stereocenters. The number of benzene rings is 1. The fourth-order valence-electron chi connectivity index (χ4n) is 2.78. The summed E-state index contributed by atoms with van der Waals surface area (Å²) in [7, 11) is 0. The zero-order valence-electron chi connectivity index (χ0n) is 10.9. The average Bonchev–Trinajstić information content (AvgIpc) is 2.72. The molecule has 2 rings (SSSR count). The molecule has 0 amide bonds. The van der Waals surface area contributed by atoms with Crippen molar-refractivity contribution in [2.24, 2.45) is 5.92 Å². The molecule has 0 bridgehead atoms. The van der Waals surface area contributed by atoms with Gasteiger partial charge in [0.25, 0.3) is 0 Å². The number of hydrogen-bond donors (Lipinski definition) is 0. The summed E-state index contributed by atoms with van der Waals surface area (Å²) in [5, 5.41) is 9.21. The van der Waals surface area contributed by atoms with Gasteiger partial charge in [0.05, 0.1) is 11.3 Å². The molecule has 1 heterocycles. The van der Waals surface area contributed by atoms with Gasteiger partial charge in [-0.15, -0.1) is 0 Å². The first-order chi connectivity index (χ1) is 8.09. The van der Waals surface area contributed by atoms with Gasteiger partial charge in [-0.25, -0.2) is 0 Å². The Kier molecular flexibility index (Phi) is 3.11. The van der Waals surface area contributed by atoms with Gasteiger partial charge in [-0.05, 0) is 37.8 Å². The third-order valence-corrected chi connectivity index (χ3v) is 4.24. The minimum atomic E-state index is 0.187. The Morgan fingerprint density at radius 2 is 2.06 bits per heavy atom. The van der Waals surface area contributed by atoms with Gasteiger partial charge in [0.2, 0.25) is 0 Å². The maximum Gasteiger partial charge on any atom is 0.101 e. The van der Waals surface area contributed by atoms with Gasteiger partial charge in [-0.3, -0.25) is 0 Å². The summed E-state index contributed by atoms with van der Waals surface area (Å²) < 4.78 is 0. The van der Waals surface area contributed by atoms with Crippen molar-refractivity contribution >= 4 is 5.69 Å². The molecular weight excluding hydrogens is 208 g/mol. The zero-order chi connectivity index (χ0) is 12.5. The lowest BCUT2D eigenvalue weighted by Crippen LogP contribution is -2.45. The lowest BCUT2D eigenvalue weighted by atomic mass is 9.85. The van der Waals surface area contributed by atoms with Crippen LogP contribution >= 0.6 is 0 Å². The first-order valence-electron chi connectivity index (χ1n) is 6.36. The van der Waals surface area contributed by atoms with Crippen LogP contribution in [-0.4, -0.2) is 12.1 Å². The Labute approximate surface area is 104 Å². The highest BCUT2D eigenvalue weighted by Gasteiger charge is 2.39. The number of nitrogens with zero attached hydrogens (tertiary/aromatic N) is 2. The summed E-state index contributed by atoms with van der Waals surface area (Å²) >= 11 is 0. The maximum atomic E-state index is 9.21. The van der Waals surface area contributed by atoms with E-state index in [1.807, 2.05) is 18.2 Å². The van der Waals surface area contributed by atoms with E-state index in [0.717, 1.165) is 17.8 Å². The molecule has 0 aromatic heterocycles. The van der Waals surface area contributed by atoms with Crippen LogP contribution in [0.2, 0.25) is 0 Å². The molecule has 1 aliphatic heterocycles. The van der Waals surface area contributed by atoms with Crippen LogP contribution in [0, 0.1) is 17.2 Å². The first-order valence-corrected chi connectivity index (χ1v) is 6.36. The highest BCUT2D eigenvalue weighted by Crippen LogP contribution is 2.40. The van der Waals surface area contributed by atoms with E-state index >= 15 is 0 Å². The Morgan fingerprint density at radius 1 is 1.35 bits per heavy atom. The van der Waals surface area contributed by atoms with Crippen molar-refractivity contribution < 1.29 is 0 Å². The Hall–Kier alpha value is -1.49. The van der Waals surface area contributed by atoms with Gasteiger partial charge in [-0.2, -0.15) is 5.26 Å². The van der Waals surface area contributed by atoms with Gasteiger partial charge < -0.3 is 4.90 Å². The summed E-state index contributed by atoms with van der Waals surface area (Å²) in [6, 6.07) is 10.3. The Balaban J connectivity index is 2.43. The fourth-order valence-corrected chi connectivity index (χ4v) is 2.78. The number of para-hydroxylation sites is 1. The molecule has 1 fully saturated rings. The second kappa shape index (κ2) is 4.41. The fraction of sp³-hybridized carbons (Fsp3) is 0.533. The van der Waals surface area contributed by atoms with Crippen LogP contribution in [-0.2, 0) is 0 Å². The van der Waals surface area contributed by atoms with Crippen molar-refractivity contribution in [2.45, 2.75) is 39.2 Å². The van der Waals surface area contributed by atoms with Crippen LogP contribution in [0.3, 0.4) is 0 Å². The summed E-state index contributed by atoms with van der Waals surface area (Å²) in [5.74, 6) is 0.594. The highest BCUT2D eigenvalue weighted by molar-refractivity contribution is 5.61. The molecule has 1 aromatic carbocycles. The normalized spacial score (nSPS) is 24.1. The highest BCUT2D eigenvalue weighted by atomic mass is 15.2. The van der Waals surface area contributed by atoms with E-state index in [9.17, 15) is 5.26 Å². The van der Waals surface area contributed by atoms with Crippen LogP contribution in [0.25, 0.3) is 0 Å². The minimum Gasteiger partial charge on any atom is -0.365 e. The Morgan fingerprint density at radius 3 is 2.71 bits per heavy atom. The second-order valence-electron chi connectivity index (χ2n) is 5.40. The van der Waals surface area contributed by atoms with Gasteiger partial charge in [0, 0.05) is 12.1 Å². The van der Waals surface area contributed by atoms with E-state index in [-0.39, 0.29) is 5.54 Å². The molecule has 0 saturated carbocycles. The third kappa shape index (κ3) is 1.91. The van der Waals surface area contributed by atoms with Crippen molar-refractivity contribution in [3.8, 4) is 6.07 Å². The van der Waals surface area contributed by atoms with Gasteiger partial charge in [0.15, 0.2) is 0 Å². The summed E-state index contributed by atoms with van der Waals surface area (Å²) in [4.78, 5) is 2.43. The molecular formula is C15H20N2. The van der Waals surface area contributed by atoms with E-state index in [0.29, 0.717) is 5.92 Å². The number of hydrogen-bond acceptors (Lipinski definition) is 2. The molecule has 90 valence electrons. The molecule has 17 heavy (non-hydrogen) atoms. The van der Waals surface area contributed by atoms with Crippen LogP contribution in [0.4, 0.5) is 5.69 Å². The molecule has 0 aliphatic carbocycles. The number of anilines is 1. The van der Waals surface area contributed by atoms with Gasteiger partial charge >= 0.3 is 0 Å². The predicted molar refractivity (Wildman–Crippen MR) is 71.0 cm³/mol. The Bertz CT molecular complexity index is 444. The molecule has 0 N–H and O–H groups in total. The topological polar surface area (TPSA) is 27.0 Å². The molecule has 1 aliphatic rings. The van der Waals surface area contributed by atoms with E-state index in [4.69, 9.17) is 0 Å². The lowest BCUT2D eigenvalue weighted by Gasteiger charge is -2.41. The van der Waals surface area contributed by atoms with Crippen LogP contribution in [0.5, 0.6) is 0 Å². The molecule has 0 spiro atoms. The quantitative estimate of drug-likeness (QED) is 0.773. The van der Waals surface area contributed by atoms with E-state index in [1.165, 1.54) is 12.8 Å². The van der Waals surface area contributed by atoms with Crippen molar-refractivity contribution in [3.63, 3.8) is 0 Å². The average molecular weight is 228 g/mol. The number of nitriles is 1.